The number of hydrogen-bond acceptors (Lipinski definition) is 4. The summed E-state index contributed by atoms with van der Waals surface area (Å²) in [4.78, 5) is 12.3. The van der Waals surface area contributed by atoms with Gasteiger partial charge in [-0.2, -0.15) is 10.4 Å². The highest BCUT2D eigenvalue weighted by Crippen LogP contribution is 2.22. The molecule has 0 saturated heterocycles. The summed E-state index contributed by atoms with van der Waals surface area (Å²) in [6.07, 6.45) is 0. The number of carbonyl (C=O) groups excluding carboxylic acids is 1. The van der Waals surface area contributed by atoms with E-state index in [1.165, 1.54) is 6.07 Å². The van der Waals surface area contributed by atoms with E-state index >= 15 is 0 Å². The topological polar surface area (TPSA) is 96.7 Å². The molecule has 2 rings (SSSR count). The van der Waals surface area contributed by atoms with Crippen molar-refractivity contribution in [3.63, 3.8) is 0 Å². The van der Waals surface area contributed by atoms with Crippen LogP contribution in [0.25, 0.3) is 0 Å². The molecule has 0 aliphatic heterocycles. The van der Waals surface area contributed by atoms with Crippen molar-refractivity contribution in [2.24, 2.45) is 0 Å². The lowest BCUT2D eigenvalue weighted by Crippen LogP contribution is -2.18. The Morgan fingerprint density at radius 3 is 2.86 bits per heavy atom. The van der Waals surface area contributed by atoms with Crippen molar-refractivity contribution >= 4 is 28.9 Å². The van der Waals surface area contributed by atoms with Gasteiger partial charge in [-0.25, -0.2) is 0 Å². The molecule has 7 heteroatoms. The van der Waals surface area contributed by atoms with Crippen LogP contribution in [0.1, 0.15) is 28.7 Å². The van der Waals surface area contributed by atoms with Crippen molar-refractivity contribution < 1.29 is 4.79 Å². The lowest BCUT2D eigenvalue weighted by atomic mass is 10.2. The SMILES string of the molecule is CCn1nc(C)c(N)c1C(=O)Nc1ccc(C#N)c(Cl)c1. The van der Waals surface area contributed by atoms with Gasteiger partial charge in [-0.3, -0.25) is 9.48 Å². The van der Waals surface area contributed by atoms with Gasteiger partial charge in [0, 0.05) is 12.2 Å². The molecule has 0 radical (unpaired) electrons. The molecule has 0 saturated carbocycles. The number of nitrogens with one attached hydrogen (secondary N) is 1. The number of nitrogens with zero attached hydrogens (tertiary/aromatic N) is 3. The fourth-order valence-corrected chi connectivity index (χ4v) is 2.16. The van der Waals surface area contributed by atoms with E-state index in [1.807, 2.05) is 13.0 Å². The molecule has 0 aliphatic carbocycles. The van der Waals surface area contributed by atoms with Gasteiger partial charge in [0.2, 0.25) is 0 Å². The number of hydrogen-bond donors (Lipinski definition) is 2. The molecule has 1 aromatic carbocycles. The van der Waals surface area contributed by atoms with Crippen LogP contribution in [0.4, 0.5) is 11.4 Å². The highest BCUT2D eigenvalue weighted by molar-refractivity contribution is 6.32. The Balaban J connectivity index is 2.31. The Hall–Kier alpha value is -2.52. The molecule has 1 aromatic heterocycles. The molecule has 0 unspecified atom stereocenters. The molecule has 1 heterocycles. The van der Waals surface area contributed by atoms with Crippen LogP contribution in [-0.4, -0.2) is 15.7 Å². The van der Waals surface area contributed by atoms with Gasteiger partial charge in [-0.1, -0.05) is 11.6 Å². The van der Waals surface area contributed by atoms with Gasteiger partial charge < -0.3 is 11.1 Å². The second-order valence-corrected chi connectivity index (χ2v) is 4.83. The predicted octanol–water partition coefficient (Wildman–Crippen LogP) is 2.57. The molecule has 6 nitrogen and oxygen atoms in total. The lowest BCUT2D eigenvalue weighted by Gasteiger charge is -2.08. The van der Waals surface area contributed by atoms with Crippen LogP contribution in [-0.2, 0) is 6.54 Å². The second-order valence-electron chi connectivity index (χ2n) is 4.42. The summed E-state index contributed by atoms with van der Waals surface area (Å²) in [5.74, 6) is -0.365. The summed E-state index contributed by atoms with van der Waals surface area (Å²) in [7, 11) is 0. The molecule has 108 valence electrons. The number of nitrogen functional groups attached to an aromatic ring is 1. The third-order valence-corrected chi connectivity index (χ3v) is 3.35. The number of aromatic nitrogens is 2. The maximum absolute atomic E-state index is 12.3. The number of rotatable bonds is 3. The van der Waals surface area contributed by atoms with Crippen LogP contribution in [0.5, 0.6) is 0 Å². The molecular weight excluding hydrogens is 290 g/mol. The summed E-state index contributed by atoms with van der Waals surface area (Å²) in [6.45, 7) is 4.16. The van der Waals surface area contributed by atoms with Crippen LogP contribution in [0.2, 0.25) is 5.02 Å². The Kier molecular flexibility index (Phi) is 4.15. The molecule has 0 fully saturated rings. The maximum atomic E-state index is 12.3. The fourth-order valence-electron chi connectivity index (χ4n) is 1.94. The lowest BCUT2D eigenvalue weighted by molar-refractivity contribution is 0.101. The first-order chi connectivity index (χ1) is 9.97. The number of halogens is 1. The quantitative estimate of drug-likeness (QED) is 0.910. The standard InChI is InChI=1S/C14H14ClN5O/c1-3-20-13(12(17)8(2)19-20)14(21)18-10-5-4-9(7-16)11(15)6-10/h4-6H,3,17H2,1-2H3,(H,18,21). The van der Waals surface area contributed by atoms with Gasteiger partial charge in [-0.05, 0) is 32.0 Å². The minimum absolute atomic E-state index is 0.281. The van der Waals surface area contributed by atoms with Gasteiger partial charge in [0.05, 0.1) is 22.0 Å². The monoisotopic (exact) mass is 303 g/mol. The maximum Gasteiger partial charge on any atom is 0.276 e. The van der Waals surface area contributed by atoms with E-state index in [2.05, 4.69) is 10.4 Å². The number of nitrogens with two attached hydrogens (primary N) is 1. The van der Waals surface area contributed by atoms with Crippen LogP contribution < -0.4 is 11.1 Å². The number of anilines is 2. The summed E-state index contributed by atoms with van der Waals surface area (Å²) in [6, 6.07) is 6.64. The van der Waals surface area contributed by atoms with Crippen molar-refractivity contribution in [3.8, 4) is 6.07 Å². The molecule has 2 aromatic rings. The van der Waals surface area contributed by atoms with E-state index < -0.39 is 0 Å². The first kappa shape index (κ1) is 14.9. The molecular formula is C14H14ClN5O. The zero-order chi connectivity index (χ0) is 15.6. The fraction of sp³-hybridized carbons (Fsp3) is 0.214. The molecule has 3 N–H and O–H groups in total. The summed E-state index contributed by atoms with van der Waals surface area (Å²) >= 11 is 5.94. The molecule has 0 aliphatic rings. The number of amides is 1. The van der Waals surface area contributed by atoms with Gasteiger partial charge in [0.25, 0.3) is 5.91 Å². The van der Waals surface area contributed by atoms with E-state index in [0.717, 1.165) is 0 Å². The number of nitriles is 1. The second kappa shape index (κ2) is 5.85. The van der Waals surface area contributed by atoms with Gasteiger partial charge in [-0.15, -0.1) is 0 Å². The minimum atomic E-state index is -0.365. The van der Waals surface area contributed by atoms with E-state index in [1.54, 1.807) is 23.7 Å². The number of benzene rings is 1. The molecule has 21 heavy (non-hydrogen) atoms. The smallest absolute Gasteiger partial charge is 0.276 e. The normalized spacial score (nSPS) is 10.2. The van der Waals surface area contributed by atoms with Crippen molar-refractivity contribution in [1.29, 1.82) is 5.26 Å². The number of carbonyl (C=O) groups is 1. The predicted molar refractivity (Wildman–Crippen MR) is 81.2 cm³/mol. The van der Waals surface area contributed by atoms with Gasteiger partial charge >= 0.3 is 0 Å². The van der Waals surface area contributed by atoms with E-state index in [4.69, 9.17) is 22.6 Å². The summed E-state index contributed by atoms with van der Waals surface area (Å²) in [5.41, 5.74) is 8.02. The molecule has 1 amide bonds. The average Bonchev–Trinajstić information content (AvgIpc) is 2.74. The van der Waals surface area contributed by atoms with Crippen molar-refractivity contribution in [2.45, 2.75) is 20.4 Å². The minimum Gasteiger partial charge on any atom is -0.395 e. The van der Waals surface area contributed by atoms with Crippen molar-refractivity contribution in [2.75, 3.05) is 11.1 Å². The van der Waals surface area contributed by atoms with Crippen LogP contribution >= 0.6 is 11.6 Å². The zero-order valence-corrected chi connectivity index (χ0v) is 12.4. The summed E-state index contributed by atoms with van der Waals surface area (Å²) < 4.78 is 1.55. The largest absolute Gasteiger partial charge is 0.395 e. The molecule has 0 atom stereocenters. The summed E-state index contributed by atoms with van der Waals surface area (Å²) in [5, 5.41) is 16.0. The van der Waals surface area contributed by atoms with E-state index in [0.29, 0.717) is 34.9 Å². The Bertz CT molecular complexity index is 745. The molecule has 0 spiro atoms. The first-order valence-electron chi connectivity index (χ1n) is 6.31. The Morgan fingerprint density at radius 1 is 1.57 bits per heavy atom. The first-order valence-corrected chi connectivity index (χ1v) is 6.69. The Labute approximate surface area is 127 Å². The van der Waals surface area contributed by atoms with E-state index in [9.17, 15) is 4.79 Å². The van der Waals surface area contributed by atoms with Crippen molar-refractivity contribution in [1.82, 2.24) is 9.78 Å². The average molecular weight is 304 g/mol. The van der Waals surface area contributed by atoms with Crippen LogP contribution in [0, 0.1) is 18.3 Å². The Morgan fingerprint density at radius 2 is 2.29 bits per heavy atom. The zero-order valence-electron chi connectivity index (χ0n) is 11.6. The van der Waals surface area contributed by atoms with Crippen molar-refractivity contribution in [3.05, 3.63) is 40.2 Å². The third kappa shape index (κ3) is 2.83. The highest BCUT2D eigenvalue weighted by atomic mass is 35.5. The van der Waals surface area contributed by atoms with Crippen LogP contribution in [0.3, 0.4) is 0 Å². The molecule has 0 bridgehead atoms. The highest BCUT2D eigenvalue weighted by Gasteiger charge is 2.19. The number of aryl methyl sites for hydroxylation is 2. The van der Waals surface area contributed by atoms with E-state index in [-0.39, 0.29) is 10.9 Å². The van der Waals surface area contributed by atoms with Gasteiger partial charge in [0.15, 0.2) is 0 Å². The third-order valence-electron chi connectivity index (χ3n) is 3.04. The van der Waals surface area contributed by atoms with Crippen LogP contribution in [0.15, 0.2) is 18.2 Å². The van der Waals surface area contributed by atoms with Gasteiger partial charge in [0.1, 0.15) is 11.8 Å².